The summed E-state index contributed by atoms with van der Waals surface area (Å²) < 4.78 is 38.0. The highest BCUT2D eigenvalue weighted by atomic mass is 19.4. The number of nitrogens with one attached hydrogen (secondary N) is 1. The van der Waals surface area contributed by atoms with Gasteiger partial charge in [0.2, 0.25) is 5.91 Å². The van der Waals surface area contributed by atoms with E-state index in [2.05, 4.69) is 10.2 Å². The second-order valence-corrected chi connectivity index (χ2v) is 7.90. The maximum Gasteiger partial charge on any atom is 0.416 e. The minimum atomic E-state index is -4.43. The molecule has 2 aromatic rings. The van der Waals surface area contributed by atoms with Gasteiger partial charge >= 0.3 is 6.18 Å². The van der Waals surface area contributed by atoms with E-state index in [0.29, 0.717) is 18.8 Å². The number of anilines is 2. The van der Waals surface area contributed by atoms with Crippen molar-refractivity contribution in [3.8, 4) is 0 Å². The van der Waals surface area contributed by atoms with Gasteiger partial charge in [0.05, 0.1) is 5.56 Å². The van der Waals surface area contributed by atoms with Crippen molar-refractivity contribution in [3.05, 3.63) is 59.7 Å². The van der Waals surface area contributed by atoms with E-state index in [4.69, 9.17) is 0 Å². The zero-order valence-electron chi connectivity index (χ0n) is 18.3. The van der Waals surface area contributed by atoms with Gasteiger partial charge in [0.1, 0.15) is 0 Å². The average molecular weight is 448 g/mol. The summed E-state index contributed by atoms with van der Waals surface area (Å²) in [6, 6.07) is 11.4. The van der Waals surface area contributed by atoms with E-state index in [-0.39, 0.29) is 17.4 Å². The Morgan fingerprint density at radius 3 is 1.97 bits per heavy atom. The largest absolute Gasteiger partial charge is 0.416 e. The van der Waals surface area contributed by atoms with Crippen LogP contribution in [0.1, 0.15) is 42.6 Å². The van der Waals surface area contributed by atoms with Crippen molar-refractivity contribution in [3.63, 3.8) is 0 Å². The molecule has 0 unspecified atom stereocenters. The Kier molecular flexibility index (Phi) is 7.43. The van der Waals surface area contributed by atoms with Crippen molar-refractivity contribution in [1.29, 1.82) is 0 Å². The first-order chi connectivity index (χ1) is 15.2. The molecule has 0 spiro atoms. The van der Waals surface area contributed by atoms with Gasteiger partial charge in [-0.25, -0.2) is 0 Å². The summed E-state index contributed by atoms with van der Waals surface area (Å²) in [5.41, 5.74) is 0.911. The highest BCUT2D eigenvalue weighted by Crippen LogP contribution is 2.29. The van der Waals surface area contributed by atoms with E-state index < -0.39 is 17.6 Å². The van der Waals surface area contributed by atoms with Crippen LogP contribution in [0.5, 0.6) is 0 Å². The lowest BCUT2D eigenvalue weighted by Crippen LogP contribution is -2.50. The maximum atomic E-state index is 12.7. The summed E-state index contributed by atoms with van der Waals surface area (Å²) in [4.78, 5) is 29.0. The number of carbonyl (C=O) groups is 2. The van der Waals surface area contributed by atoms with Crippen LogP contribution in [0.15, 0.2) is 48.5 Å². The second-order valence-electron chi connectivity index (χ2n) is 7.90. The number of alkyl halides is 3. The van der Waals surface area contributed by atoms with Crippen LogP contribution in [0, 0.1) is 5.92 Å². The second kappa shape index (κ2) is 10.1. The molecule has 0 atom stereocenters. The predicted molar refractivity (Wildman–Crippen MR) is 119 cm³/mol. The Balaban J connectivity index is 1.55. The number of carbonyl (C=O) groups excluding carboxylic acids is 2. The molecular formula is C24H28F3N3O2. The molecule has 2 aromatic carbocycles. The summed E-state index contributed by atoms with van der Waals surface area (Å²) >= 11 is 0. The van der Waals surface area contributed by atoms with E-state index in [9.17, 15) is 22.8 Å². The van der Waals surface area contributed by atoms with Gasteiger partial charge in [0.25, 0.3) is 5.91 Å². The summed E-state index contributed by atoms with van der Waals surface area (Å²) in [6.45, 7) is 6.93. The van der Waals surface area contributed by atoms with Crippen LogP contribution in [0.2, 0.25) is 0 Å². The topological polar surface area (TPSA) is 52.7 Å². The fourth-order valence-corrected chi connectivity index (χ4v) is 3.85. The third-order valence-corrected chi connectivity index (χ3v) is 5.89. The lowest BCUT2D eigenvalue weighted by molar-refractivity contribution is -0.137. The zero-order valence-corrected chi connectivity index (χ0v) is 18.3. The van der Waals surface area contributed by atoms with Crippen LogP contribution in [0.4, 0.5) is 24.5 Å². The van der Waals surface area contributed by atoms with Gasteiger partial charge in [0, 0.05) is 49.0 Å². The van der Waals surface area contributed by atoms with Crippen LogP contribution >= 0.6 is 0 Å². The molecular weight excluding hydrogens is 419 g/mol. The molecule has 1 N–H and O–H groups in total. The number of benzene rings is 2. The van der Waals surface area contributed by atoms with E-state index in [0.717, 1.165) is 55.9 Å². The first kappa shape index (κ1) is 23.6. The van der Waals surface area contributed by atoms with Gasteiger partial charge in [0.15, 0.2) is 0 Å². The molecule has 1 fully saturated rings. The average Bonchev–Trinajstić information content (AvgIpc) is 2.80. The predicted octanol–water partition coefficient (Wildman–Crippen LogP) is 5.04. The SMILES string of the molecule is CCC(CC)C(=O)N1CCN(c2ccc(NC(=O)c3ccc(C(F)(F)F)cc3)cc2)CC1. The Morgan fingerprint density at radius 2 is 1.47 bits per heavy atom. The van der Waals surface area contributed by atoms with E-state index in [1.54, 1.807) is 12.1 Å². The number of hydrogen-bond acceptors (Lipinski definition) is 3. The molecule has 1 heterocycles. The first-order valence-corrected chi connectivity index (χ1v) is 10.8. The van der Waals surface area contributed by atoms with Crippen LogP contribution in [-0.4, -0.2) is 42.9 Å². The minimum Gasteiger partial charge on any atom is -0.368 e. The van der Waals surface area contributed by atoms with Gasteiger partial charge in [-0.15, -0.1) is 0 Å². The van der Waals surface area contributed by atoms with Crippen molar-refractivity contribution in [2.45, 2.75) is 32.9 Å². The molecule has 3 rings (SSSR count). The molecule has 172 valence electrons. The van der Waals surface area contributed by atoms with Gasteiger partial charge in [-0.3, -0.25) is 9.59 Å². The van der Waals surface area contributed by atoms with Gasteiger partial charge in [-0.05, 0) is 61.4 Å². The molecule has 8 heteroatoms. The van der Waals surface area contributed by atoms with E-state index in [1.807, 2.05) is 30.9 Å². The summed E-state index contributed by atoms with van der Waals surface area (Å²) in [5, 5.41) is 2.70. The molecule has 0 aromatic heterocycles. The molecule has 2 amide bonds. The maximum absolute atomic E-state index is 12.7. The van der Waals surface area contributed by atoms with Crippen molar-refractivity contribution in [2.75, 3.05) is 36.4 Å². The fourth-order valence-electron chi connectivity index (χ4n) is 3.85. The van der Waals surface area contributed by atoms with Gasteiger partial charge < -0.3 is 15.1 Å². The molecule has 0 bridgehead atoms. The molecule has 0 aliphatic carbocycles. The summed E-state index contributed by atoms with van der Waals surface area (Å²) in [6.07, 6.45) is -2.72. The van der Waals surface area contributed by atoms with Crippen LogP contribution in [0.25, 0.3) is 0 Å². The summed E-state index contributed by atoms with van der Waals surface area (Å²) in [5.74, 6) is -0.148. The van der Waals surface area contributed by atoms with E-state index >= 15 is 0 Å². The highest BCUT2D eigenvalue weighted by molar-refractivity contribution is 6.04. The Morgan fingerprint density at radius 1 is 0.906 bits per heavy atom. The molecule has 0 saturated carbocycles. The van der Waals surface area contributed by atoms with Crippen molar-refractivity contribution < 1.29 is 22.8 Å². The third-order valence-electron chi connectivity index (χ3n) is 5.89. The number of rotatable bonds is 6. The molecule has 1 aliphatic rings. The highest BCUT2D eigenvalue weighted by Gasteiger charge is 2.30. The Bertz CT molecular complexity index is 915. The smallest absolute Gasteiger partial charge is 0.368 e. The lowest BCUT2D eigenvalue weighted by Gasteiger charge is -2.37. The molecule has 1 aliphatic heterocycles. The number of hydrogen-bond donors (Lipinski definition) is 1. The van der Waals surface area contributed by atoms with Crippen molar-refractivity contribution >= 4 is 23.2 Å². The lowest BCUT2D eigenvalue weighted by atomic mass is 10.0. The Hall–Kier alpha value is -3.03. The van der Waals surface area contributed by atoms with Gasteiger partial charge in [-0.1, -0.05) is 13.8 Å². The number of halogens is 3. The standard InChI is InChI=1S/C24H28F3N3O2/c1-3-17(4-2)23(32)30-15-13-29(14-16-30)21-11-9-20(10-12-21)28-22(31)18-5-7-19(8-6-18)24(25,26)27/h5-12,17H,3-4,13-16H2,1-2H3,(H,28,31). The quantitative estimate of drug-likeness (QED) is 0.675. The molecule has 0 radical (unpaired) electrons. The van der Waals surface area contributed by atoms with Crippen LogP contribution in [0.3, 0.4) is 0 Å². The summed E-state index contributed by atoms with van der Waals surface area (Å²) in [7, 11) is 0. The molecule has 1 saturated heterocycles. The van der Waals surface area contributed by atoms with Crippen molar-refractivity contribution in [2.24, 2.45) is 5.92 Å². The number of nitrogens with zero attached hydrogens (tertiary/aromatic N) is 2. The van der Waals surface area contributed by atoms with Gasteiger partial charge in [-0.2, -0.15) is 13.2 Å². The monoisotopic (exact) mass is 447 g/mol. The molecule has 5 nitrogen and oxygen atoms in total. The normalized spacial score (nSPS) is 14.6. The molecule has 32 heavy (non-hydrogen) atoms. The van der Waals surface area contributed by atoms with Crippen molar-refractivity contribution in [1.82, 2.24) is 4.90 Å². The third kappa shape index (κ3) is 5.60. The zero-order chi connectivity index (χ0) is 23.3. The van der Waals surface area contributed by atoms with Crippen LogP contribution < -0.4 is 10.2 Å². The number of amides is 2. The number of piperazine rings is 1. The van der Waals surface area contributed by atoms with Crippen LogP contribution in [-0.2, 0) is 11.0 Å². The Labute approximate surface area is 186 Å². The van der Waals surface area contributed by atoms with E-state index in [1.165, 1.54) is 0 Å². The first-order valence-electron chi connectivity index (χ1n) is 10.8. The minimum absolute atomic E-state index is 0.0918. The fraction of sp³-hybridized carbons (Fsp3) is 0.417.